The quantitative estimate of drug-likeness (QED) is 0.792. The molecule has 7 heteroatoms. The monoisotopic (exact) mass is 368 g/mol. The van der Waals surface area contributed by atoms with E-state index in [1.807, 2.05) is 12.1 Å². The van der Waals surface area contributed by atoms with Crippen molar-refractivity contribution in [2.24, 2.45) is 5.16 Å². The van der Waals surface area contributed by atoms with Gasteiger partial charge in [0.05, 0.1) is 19.9 Å². The predicted octanol–water partition coefficient (Wildman–Crippen LogP) is 3.04. The molecule has 140 valence electrons. The Bertz CT molecular complexity index is 890. The molecule has 27 heavy (non-hydrogen) atoms. The van der Waals surface area contributed by atoms with Crippen molar-refractivity contribution in [3.05, 3.63) is 53.6 Å². The van der Waals surface area contributed by atoms with Crippen LogP contribution in [-0.4, -0.2) is 37.7 Å². The van der Waals surface area contributed by atoms with Crippen molar-refractivity contribution >= 4 is 23.1 Å². The van der Waals surface area contributed by atoms with Crippen molar-refractivity contribution in [3.63, 3.8) is 0 Å². The Morgan fingerprint density at radius 2 is 1.85 bits per heavy atom. The summed E-state index contributed by atoms with van der Waals surface area (Å²) in [6.45, 7) is 1.49. The molecule has 0 saturated heterocycles. The lowest BCUT2D eigenvalue weighted by molar-refractivity contribution is -0.125. The van der Waals surface area contributed by atoms with Crippen LogP contribution in [-0.2, 0) is 9.63 Å². The molecule has 7 nitrogen and oxygen atoms in total. The van der Waals surface area contributed by atoms with Crippen LogP contribution in [0.3, 0.4) is 0 Å². The van der Waals surface area contributed by atoms with E-state index in [2.05, 4.69) is 10.5 Å². The number of nitrogens with one attached hydrogen (secondary N) is 1. The lowest BCUT2D eigenvalue weighted by Gasteiger charge is -2.12. The molecule has 0 unspecified atom stereocenters. The van der Waals surface area contributed by atoms with Crippen molar-refractivity contribution < 1.29 is 23.9 Å². The van der Waals surface area contributed by atoms with Crippen LogP contribution in [0.2, 0.25) is 0 Å². The van der Waals surface area contributed by atoms with Gasteiger partial charge < -0.3 is 19.6 Å². The van der Waals surface area contributed by atoms with Crippen LogP contribution in [0.25, 0.3) is 0 Å². The average Bonchev–Trinajstić information content (AvgIpc) is 3.17. The van der Waals surface area contributed by atoms with E-state index >= 15 is 0 Å². The van der Waals surface area contributed by atoms with Crippen LogP contribution in [0.4, 0.5) is 5.69 Å². The highest BCUT2D eigenvalue weighted by Gasteiger charge is 2.31. The van der Waals surface area contributed by atoms with Crippen LogP contribution in [0.5, 0.6) is 11.5 Å². The summed E-state index contributed by atoms with van der Waals surface area (Å²) < 4.78 is 10.7. The van der Waals surface area contributed by atoms with Crippen LogP contribution < -0.4 is 14.8 Å². The van der Waals surface area contributed by atoms with Crippen molar-refractivity contribution in [2.45, 2.75) is 19.4 Å². The van der Waals surface area contributed by atoms with Gasteiger partial charge in [-0.05, 0) is 43.3 Å². The van der Waals surface area contributed by atoms with Crippen LogP contribution in [0, 0.1) is 0 Å². The fraction of sp³-hybridized carbons (Fsp3) is 0.250. The van der Waals surface area contributed by atoms with E-state index in [1.165, 1.54) is 6.92 Å². The molecule has 1 N–H and O–H groups in total. The Morgan fingerprint density at radius 3 is 2.48 bits per heavy atom. The molecule has 1 aliphatic heterocycles. The third kappa shape index (κ3) is 3.92. The number of ether oxygens (including phenoxy) is 2. The van der Waals surface area contributed by atoms with Gasteiger partial charge in [0.2, 0.25) is 6.10 Å². The molecule has 0 spiro atoms. The number of benzene rings is 2. The van der Waals surface area contributed by atoms with Gasteiger partial charge >= 0.3 is 0 Å². The van der Waals surface area contributed by atoms with Crippen molar-refractivity contribution in [1.29, 1.82) is 0 Å². The normalized spacial score (nSPS) is 15.5. The maximum absolute atomic E-state index is 12.5. The molecule has 0 aliphatic carbocycles. The van der Waals surface area contributed by atoms with E-state index in [9.17, 15) is 9.59 Å². The Labute approximate surface area is 156 Å². The Balaban J connectivity index is 1.68. The highest BCUT2D eigenvalue weighted by Crippen LogP contribution is 2.33. The highest BCUT2D eigenvalue weighted by atomic mass is 16.6. The number of anilines is 1. The summed E-state index contributed by atoms with van der Waals surface area (Å²) in [6, 6.07) is 12.1. The lowest BCUT2D eigenvalue weighted by Crippen LogP contribution is -2.28. The largest absolute Gasteiger partial charge is 0.493 e. The van der Waals surface area contributed by atoms with Gasteiger partial charge in [-0.1, -0.05) is 11.2 Å². The van der Waals surface area contributed by atoms with Crippen LogP contribution in [0.15, 0.2) is 47.6 Å². The molecule has 0 radical (unpaired) electrons. The van der Waals surface area contributed by atoms with Gasteiger partial charge in [-0.25, -0.2) is 0 Å². The topological polar surface area (TPSA) is 86.2 Å². The Morgan fingerprint density at radius 1 is 1.11 bits per heavy atom. The van der Waals surface area contributed by atoms with Gasteiger partial charge in [0.1, 0.15) is 0 Å². The molecule has 1 heterocycles. The fourth-order valence-electron chi connectivity index (χ4n) is 2.80. The van der Waals surface area contributed by atoms with E-state index in [0.29, 0.717) is 34.9 Å². The zero-order valence-electron chi connectivity index (χ0n) is 15.3. The maximum atomic E-state index is 12.5. The number of oxime groups is 1. The van der Waals surface area contributed by atoms with Gasteiger partial charge in [-0.15, -0.1) is 0 Å². The van der Waals surface area contributed by atoms with Gasteiger partial charge in [0, 0.05) is 23.2 Å². The van der Waals surface area contributed by atoms with Crippen LogP contribution >= 0.6 is 0 Å². The SMILES string of the molecule is COc1cccc(C2=NO[C@H](C(=O)Nc3ccc(C(C)=O)cc3)C2)c1OC. The minimum atomic E-state index is -0.747. The zero-order valence-corrected chi connectivity index (χ0v) is 15.3. The van der Waals surface area contributed by atoms with E-state index in [-0.39, 0.29) is 11.7 Å². The molecule has 1 aliphatic rings. The number of methoxy groups -OCH3 is 2. The van der Waals surface area contributed by atoms with Crippen molar-refractivity contribution in [1.82, 2.24) is 0 Å². The smallest absolute Gasteiger partial charge is 0.268 e. The first-order valence-electron chi connectivity index (χ1n) is 8.39. The number of rotatable bonds is 6. The maximum Gasteiger partial charge on any atom is 0.268 e. The molecule has 0 saturated carbocycles. The standard InChI is InChI=1S/C20H20N2O5/c1-12(23)13-7-9-14(10-8-13)21-20(24)18-11-16(22-27-18)15-5-4-6-17(25-2)19(15)26-3/h4-10,18H,11H2,1-3H3,(H,21,24)/t18-/m0/s1. The second kappa shape index (κ2) is 7.90. The van der Waals surface area contributed by atoms with Gasteiger partial charge in [-0.3, -0.25) is 9.59 Å². The van der Waals surface area contributed by atoms with Gasteiger partial charge in [0.25, 0.3) is 5.91 Å². The molecule has 1 amide bonds. The third-order valence-electron chi connectivity index (χ3n) is 4.23. The number of nitrogens with zero attached hydrogens (tertiary/aromatic N) is 1. The number of para-hydroxylation sites is 1. The Hall–Kier alpha value is -3.35. The summed E-state index contributed by atoms with van der Waals surface area (Å²) in [5, 5.41) is 6.82. The van der Waals surface area contributed by atoms with Crippen molar-refractivity contribution in [2.75, 3.05) is 19.5 Å². The molecule has 0 bridgehead atoms. The summed E-state index contributed by atoms with van der Waals surface area (Å²) in [6.07, 6.45) is -0.440. The predicted molar refractivity (Wildman–Crippen MR) is 101 cm³/mol. The third-order valence-corrected chi connectivity index (χ3v) is 4.23. The second-order valence-electron chi connectivity index (χ2n) is 6.00. The number of carbonyl (C=O) groups excluding carboxylic acids is 2. The molecular weight excluding hydrogens is 348 g/mol. The summed E-state index contributed by atoms with van der Waals surface area (Å²) in [5.41, 5.74) is 2.50. The first-order chi connectivity index (χ1) is 13.0. The fourth-order valence-corrected chi connectivity index (χ4v) is 2.80. The number of carbonyl (C=O) groups is 2. The first-order valence-corrected chi connectivity index (χ1v) is 8.39. The number of Topliss-reactive ketones (excluding diaryl/α,β-unsaturated/α-hetero) is 1. The average molecular weight is 368 g/mol. The van der Waals surface area contributed by atoms with Gasteiger partial charge in [0.15, 0.2) is 17.3 Å². The van der Waals surface area contributed by atoms with E-state index < -0.39 is 6.10 Å². The molecule has 0 fully saturated rings. The summed E-state index contributed by atoms with van der Waals surface area (Å²) >= 11 is 0. The van der Waals surface area contributed by atoms with Gasteiger partial charge in [-0.2, -0.15) is 0 Å². The number of amides is 1. The number of ketones is 1. The lowest BCUT2D eigenvalue weighted by atomic mass is 10.0. The Kier molecular flexibility index (Phi) is 5.40. The van der Waals surface area contributed by atoms with E-state index in [1.54, 1.807) is 44.6 Å². The molecular formula is C20H20N2O5. The number of hydrogen-bond acceptors (Lipinski definition) is 6. The van der Waals surface area contributed by atoms with Crippen LogP contribution in [0.1, 0.15) is 29.3 Å². The second-order valence-corrected chi connectivity index (χ2v) is 6.00. The molecule has 3 rings (SSSR count). The zero-order chi connectivity index (χ0) is 19.4. The molecule has 2 aromatic carbocycles. The minimum absolute atomic E-state index is 0.0303. The van der Waals surface area contributed by atoms with E-state index in [0.717, 1.165) is 5.56 Å². The summed E-state index contributed by atoms with van der Waals surface area (Å²) in [4.78, 5) is 29.1. The summed E-state index contributed by atoms with van der Waals surface area (Å²) in [5.74, 6) is 0.780. The molecule has 2 aromatic rings. The highest BCUT2D eigenvalue weighted by molar-refractivity contribution is 6.08. The molecule has 1 atom stereocenters. The molecule has 0 aromatic heterocycles. The number of hydrogen-bond donors (Lipinski definition) is 1. The van der Waals surface area contributed by atoms with E-state index in [4.69, 9.17) is 14.3 Å². The minimum Gasteiger partial charge on any atom is -0.493 e. The van der Waals surface area contributed by atoms with Crippen molar-refractivity contribution in [3.8, 4) is 11.5 Å². The first kappa shape index (κ1) is 18.4. The summed E-state index contributed by atoms with van der Waals surface area (Å²) in [7, 11) is 3.11.